The number of rotatable bonds is 13. The lowest BCUT2D eigenvalue weighted by Crippen LogP contribution is -2.26. The van der Waals surface area contributed by atoms with Crippen molar-refractivity contribution in [1.82, 2.24) is 10.3 Å². The van der Waals surface area contributed by atoms with Crippen molar-refractivity contribution in [3.8, 4) is 6.07 Å². The summed E-state index contributed by atoms with van der Waals surface area (Å²) < 4.78 is 5.53. The van der Waals surface area contributed by atoms with Gasteiger partial charge in [0.1, 0.15) is 11.3 Å². The second-order valence-corrected chi connectivity index (χ2v) is 9.85. The first-order valence-electron chi connectivity index (χ1n) is 12.2. The van der Waals surface area contributed by atoms with E-state index in [0.29, 0.717) is 30.1 Å². The van der Waals surface area contributed by atoms with Crippen molar-refractivity contribution in [3.63, 3.8) is 0 Å². The molecular weight excluding hydrogens is 414 g/mol. The molecule has 0 bridgehead atoms. The van der Waals surface area contributed by atoms with E-state index < -0.39 is 5.60 Å². The molecule has 180 valence electrons. The van der Waals surface area contributed by atoms with Gasteiger partial charge in [-0.25, -0.2) is 0 Å². The summed E-state index contributed by atoms with van der Waals surface area (Å²) in [6, 6.07) is 9.21. The number of nitrogens with zero attached hydrogens (tertiary/aromatic N) is 1. The van der Waals surface area contributed by atoms with E-state index in [2.05, 4.69) is 23.3 Å². The molecule has 2 N–H and O–H groups in total. The van der Waals surface area contributed by atoms with Crippen LogP contribution in [-0.4, -0.2) is 29.0 Å². The predicted octanol–water partition coefficient (Wildman–Crippen LogP) is 6.26. The van der Waals surface area contributed by atoms with Crippen LogP contribution in [0.15, 0.2) is 24.3 Å². The maximum absolute atomic E-state index is 12.5. The van der Waals surface area contributed by atoms with E-state index in [1.807, 2.05) is 26.8 Å². The highest BCUT2D eigenvalue weighted by Gasteiger charge is 2.20. The number of nitriles is 1. The Morgan fingerprint density at radius 1 is 1.09 bits per heavy atom. The Hall–Kier alpha value is -2.81. The molecule has 0 radical (unpaired) electrons. The van der Waals surface area contributed by atoms with Crippen molar-refractivity contribution in [2.75, 3.05) is 6.54 Å². The molecular formula is C27H39N3O3. The van der Waals surface area contributed by atoms with E-state index >= 15 is 0 Å². The summed E-state index contributed by atoms with van der Waals surface area (Å²) in [4.78, 5) is 27.9. The molecule has 1 unspecified atom stereocenters. The largest absolute Gasteiger partial charge is 0.460 e. The molecule has 33 heavy (non-hydrogen) atoms. The third-order valence-electron chi connectivity index (χ3n) is 5.66. The maximum atomic E-state index is 12.5. The highest BCUT2D eigenvalue weighted by atomic mass is 16.6. The fourth-order valence-corrected chi connectivity index (χ4v) is 4.01. The first-order chi connectivity index (χ1) is 15.7. The monoisotopic (exact) mass is 453 g/mol. The molecule has 6 heteroatoms. The fraction of sp³-hybridized carbons (Fsp3) is 0.593. The van der Waals surface area contributed by atoms with Gasteiger partial charge in [-0.2, -0.15) is 5.26 Å². The Kier molecular flexibility index (Phi) is 10.4. The van der Waals surface area contributed by atoms with Crippen LogP contribution in [0.3, 0.4) is 0 Å². The van der Waals surface area contributed by atoms with Gasteiger partial charge in [-0.05, 0) is 70.2 Å². The molecule has 1 aromatic carbocycles. The minimum Gasteiger partial charge on any atom is -0.460 e. The molecule has 0 aliphatic heterocycles. The van der Waals surface area contributed by atoms with Crippen LogP contribution in [-0.2, 0) is 9.53 Å². The molecule has 0 fully saturated rings. The van der Waals surface area contributed by atoms with Gasteiger partial charge in [0.2, 0.25) is 0 Å². The summed E-state index contributed by atoms with van der Waals surface area (Å²) in [6.07, 6.45) is 9.09. The number of nitrogens with one attached hydrogen (secondary N) is 2. The molecule has 2 aromatic rings. The highest BCUT2D eigenvalue weighted by molar-refractivity contribution is 5.98. The average Bonchev–Trinajstić information content (AvgIpc) is 3.18. The number of benzene rings is 1. The molecule has 0 spiro atoms. The molecule has 2 rings (SSSR count). The van der Waals surface area contributed by atoms with Crippen LogP contribution < -0.4 is 5.32 Å². The molecule has 0 aliphatic rings. The lowest BCUT2D eigenvalue weighted by molar-refractivity contribution is -0.156. The van der Waals surface area contributed by atoms with Gasteiger partial charge in [-0.1, -0.05) is 39.0 Å². The number of hydrogen-bond donors (Lipinski definition) is 2. The molecule has 1 heterocycles. The number of carbonyl (C=O) groups is 2. The summed E-state index contributed by atoms with van der Waals surface area (Å²) in [5, 5.41) is 12.8. The van der Waals surface area contributed by atoms with Crippen LogP contribution in [0.1, 0.15) is 102 Å². The van der Waals surface area contributed by atoms with Crippen molar-refractivity contribution >= 4 is 22.8 Å². The Morgan fingerprint density at radius 3 is 2.48 bits per heavy atom. The number of fused-ring (bicyclic) bond motifs is 1. The fourth-order valence-electron chi connectivity index (χ4n) is 4.01. The maximum Gasteiger partial charge on any atom is 0.306 e. The molecule has 0 saturated heterocycles. The van der Waals surface area contributed by atoms with Gasteiger partial charge in [0.25, 0.3) is 5.91 Å². The van der Waals surface area contributed by atoms with Crippen LogP contribution >= 0.6 is 0 Å². The normalized spacial score (nSPS) is 12.3. The lowest BCUT2D eigenvalue weighted by atomic mass is 9.92. The Labute approximate surface area is 198 Å². The molecule has 0 aliphatic carbocycles. The van der Waals surface area contributed by atoms with E-state index in [1.54, 1.807) is 18.2 Å². The number of aromatic nitrogens is 1. The van der Waals surface area contributed by atoms with Crippen LogP contribution in [0.25, 0.3) is 10.9 Å². The number of hydrogen-bond acceptors (Lipinski definition) is 4. The number of unbranched alkanes of at least 4 members (excludes halogenated alkanes) is 4. The zero-order valence-electron chi connectivity index (χ0n) is 20.6. The molecule has 1 amide bonds. The van der Waals surface area contributed by atoms with Crippen molar-refractivity contribution in [3.05, 3.63) is 35.5 Å². The highest BCUT2D eigenvalue weighted by Crippen LogP contribution is 2.23. The minimum atomic E-state index is -0.451. The standard InChI is InChI=1S/C27H39N3O3/c1-5-6-7-8-11-20(17-25(31)33-27(2,3)4)12-9-10-15-29-26(32)24-18-22-16-21(19-28)13-14-23(22)30-24/h13-14,16,18,20,30H,5-12,15,17H2,1-4H3,(H,29,32). The van der Waals surface area contributed by atoms with E-state index in [4.69, 9.17) is 10.00 Å². The van der Waals surface area contributed by atoms with Gasteiger partial charge in [0.05, 0.1) is 11.6 Å². The minimum absolute atomic E-state index is 0.116. The van der Waals surface area contributed by atoms with Gasteiger partial charge in [-0.15, -0.1) is 0 Å². The molecule has 6 nitrogen and oxygen atoms in total. The second kappa shape index (κ2) is 13.0. The zero-order valence-corrected chi connectivity index (χ0v) is 20.6. The van der Waals surface area contributed by atoms with Gasteiger partial charge in [0, 0.05) is 23.9 Å². The topological polar surface area (TPSA) is 95.0 Å². The summed E-state index contributed by atoms with van der Waals surface area (Å²) in [5.74, 6) is 0.0692. The van der Waals surface area contributed by atoms with Crippen molar-refractivity contribution < 1.29 is 14.3 Å². The third kappa shape index (κ3) is 9.69. The van der Waals surface area contributed by atoms with E-state index in [9.17, 15) is 9.59 Å². The summed E-state index contributed by atoms with van der Waals surface area (Å²) in [7, 11) is 0. The number of H-pyrrole nitrogens is 1. The van der Waals surface area contributed by atoms with Crippen LogP contribution in [0.2, 0.25) is 0 Å². The first-order valence-corrected chi connectivity index (χ1v) is 12.2. The third-order valence-corrected chi connectivity index (χ3v) is 5.66. The number of aromatic amines is 1. The molecule has 1 aromatic heterocycles. The van der Waals surface area contributed by atoms with Gasteiger partial charge < -0.3 is 15.0 Å². The van der Waals surface area contributed by atoms with Crippen molar-refractivity contribution in [2.45, 2.75) is 91.1 Å². The summed E-state index contributed by atoms with van der Waals surface area (Å²) in [6.45, 7) is 8.50. The lowest BCUT2D eigenvalue weighted by Gasteiger charge is -2.22. The first kappa shape index (κ1) is 26.4. The number of esters is 1. The molecule has 0 saturated carbocycles. The SMILES string of the molecule is CCCCCCC(CCCCNC(=O)c1cc2cc(C#N)ccc2[nH]1)CC(=O)OC(C)(C)C. The predicted molar refractivity (Wildman–Crippen MR) is 132 cm³/mol. The average molecular weight is 454 g/mol. The summed E-state index contributed by atoms with van der Waals surface area (Å²) >= 11 is 0. The quantitative estimate of drug-likeness (QED) is 0.276. The number of ether oxygens (including phenoxy) is 1. The van der Waals surface area contributed by atoms with Crippen LogP contribution in [0, 0.1) is 17.2 Å². The number of carbonyl (C=O) groups excluding carboxylic acids is 2. The van der Waals surface area contributed by atoms with Crippen molar-refractivity contribution in [2.24, 2.45) is 5.92 Å². The Bertz CT molecular complexity index is 950. The smallest absolute Gasteiger partial charge is 0.306 e. The van der Waals surface area contributed by atoms with Crippen LogP contribution in [0.5, 0.6) is 0 Å². The van der Waals surface area contributed by atoms with E-state index in [0.717, 1.165) is 43.0 Å². The van der Waals surface area contributed by atoms with Crippen molar-refractivity contribution in [1.29, 1.82) is 5.26 Å². The Balaban J connectivity index is 1.78. The second-order valence-electron chi connectivity index (χ2n) is 9.85. The van der Waals surface area contributed by atoms with Gasteiger partial charge in [-0.3, -0.25) is 9.59 Å². The van der Waals surface area contributed by atoms with Crippen LogP contribution in [0.4, 0.5) is 0 Å². The number of amides is 1. The Morgan fingerprint density at radius 2 is 1.82 bits per heavy atom. The zero-order chi connectivity index (χ0) is 24.3. The van der Waals surface area contributed by atoms with E-state index in [-0.39, 0.29) is 11.9 Å². The summed E-state index contributed by atoms with van der Waals surface area (Å²) in [5.41, 5.74) is 1.46. The molecule has 1 atom stereocenters. The van der Waals surface area contributed by atoms with Gasteiger partial charge in [0.15, 0.2) is 0 Å². The van der Waals surface area contributed by atoms with E-state index in [1.165, 1.54) is 19.3 Å². The van der Waals surface area contributed by atoms with Gasteiger partial charge >= 0.3 is 5.97 Å².